The fourth-order valence-electron chi connectivity index (χ4n) is 0.985. The highest BCUT2D eigenvalue weighted by Crippen LogP contribution is 2.13. The van der Waals surface area contributed by atoms with Crippen molar-refractivity contribution < 1.29 is 17.2 Å². The SMILES string of the molecule is C=C(C)CNS(=O)(=O)c1cc(F)cc(F)c1. The standard InChI is InChI=1S/C10H11F2NO2S/c1-7(2)6-13-16(14,15)10-4-8(11)3-9(12)5-10/h3-5,13H,1,6H2,2H3. The lowest BCUT2D eigenvalue weighted by atomic mass is 10.3. The number of halogens is 2. The summed E-state index contributed by atoms with van der Waals surface area (Å²) in [5.74, 6) is -1.87. The molecule has 0 fully saturated rings. The number of nitrogens with one attached hydrogen (secondary N) is 1. The lowest BCUT2D eigenvalue weighted by molar-refractivity contribution is 0.562. The molecule has 0 heterocycles. The molecule has 0 atom stereocenters. The first kappa shape index (κ1) is 12.8. The third-order valence-corrected chi connectivity index (χ3v) is 3.09. The molecule has 1 rings (SSSR count). The van der Waals surface area contributed by atoms with Gasteiger partial charge in [-0.25, -0.2) is 21.9 Å². The van der Waals surface area contributed by atoms with Crippen LogP contribution in [-0.4, -0.2) is 15.0 Å². The summed E-state index contributed by atoms with van der Waals surface area (Å²) in [7, 11) is -3.89. The summed E-state index contributed by atoms with van der Waals surface area (Å²) in [5.41, 5.74) is 0.598. The van der Waals surface area contributed by atoms with E-state index in [-0.39, 0.29) is 6.54 Å². The van der Waals surface area contributed by atoms with E-state index in [2.05, 4.69) is 11.3 Å². The van der Waals surface area contributed by atoms with Crippen molar-refractivity contribution in [2.75, 3.05) is 6.54 Å². The van der Waals surface area contributed by atoms with E-state index in [1.165, 1.54) is 0 Å². The summed E-state index contributed by atoms with van der Waals surface area (Å²) in [6.45, 7) is 5.17. The molecular weight excluding hydrogens is 236 g/mol. The number of hydrogen-bond acceptors (Lipinski definition) is 2. The van der Waals surface area contributed by atoms with Gasteiger partial charge < -0.3 is 0 Å². The molecule has 88 valence electrons. The first-order valence-electron chi connectivity index (χ1n) is 4.41. The molecule has 0 amide bonds. The molecular formula is C10H11F2NO2S. The van der Waals surface area contributed by atoms with Crippen LogP contribution in [0.3, 0.4) is 0 Å². The van der Waals surface area contributed by atoms with Crippen LogP contribution in [0.5, 0.6) is 0 Å². The second-order valence-corrected chi connectivity index (χ2v) is 5.15. The average Bonchev–Trinajstić information content (AvgIpc) is 2.13. The lowest BCUT2D eigenvalue weighted by Crippen LogP contribution is -2.25. The third kappa shape index (κ3) is 3.39. The van der Waals surface area contributed by atoms with Crippen molar-refractivity contribution in [1.82, 2.24) is 4.72 Å². The molecule has 0 unspecified atom stereocenters. The molecule has 1 aromatic rings. The van der Waals surface area contributed by atoms with Crippen LogP contribution in [0, 0.1) is 11.6 Å². The highest BCUT2D eigenvalue weighted by molar-refractivity contribution is 7.89. The molecule has 1 N–H and O–H groups in total. The average molecular weight is 247 g/mol. The summed E-state index contributed by atoms with van der Waals surface area (Å²) >= 11 is 0. The summed E-state index contributed by atoms with van der Waals surface area (Å²) < 4.78 is 50.9. The first-order chi connectivity index (χ1) is 7.31. The molecule has 0 saturated carbocycles. The Morgan fingerprint density at radius 1 is 1.31 bits per heavy atom. The Labute approximate surface area is 92.8 Å². The molecule has 3 nitrogen and oxygen atoms in total. The van der Waals surface area contributed by atoms with Crippen molar-refractivity contribution in [2.45, 2.75) is 11.8 Å². The molecule has 0 aliphatic rings. The zero-order valence-electron chi connectivity index (χ0n) is 8.63. The quantitative estimate of drug-likeness (QED) is 0.825. The minimum atomic E-state index is -3.89. The van der Waals surface area contributed by atoms with Crippen LogP contribution in [-0.2, 0) is 10.0 Å². The van der Waals surface area contributed by atoms with E-state index in [4.69, 9.17) is 0 Å². The van der Waals surface area contributed by atoms with Crippen molar-refractivity contribution >= 4 is 10.0 Å². The second kappa shape index (κ2) is 4.71. The van der Waals surface area contributed by atoms with Gasteiger partial charge in [0, 0.05) is 12.6 Å². The van der Waals surface area contributed by atoms with Crippen molar-refractivity contribution in [3.05, 3.63) is 42.0 Å². The minimum absolute atomic E-state index is 0.0282. The molecule has 0 spiro atoms. The van der Waals surface area contributed by atoms with Crippen molar-refractivity contribution in [2.24, 2.45) is 0 Å². The molecule has 1 aromatic carbocycles. The maximum absolute atomic E-state index is 12.8. The fourth-order valence-corrected chi connectivity index (χ4v) is 2.12. The van der Waals surface area contributed by atoms with Gasteiger partial charge in [-0.05, 0) is 19.1 Å². The van der Waals surface area contributed by atoms with Crippen molar-refractivity contribution in [3.63, 3.8) is 0 Å². The normalized spacial score (nSPS) is 11.4. The Morgan fingerprint density at radius 3 is 2.25 bits per heavy atom. The summed E-state index contributed by atoms with van der Waals surface area (Å²) in [6.07, 6.45) is 0. The van der Waals surface area contributed by atoms with Gasteiger partial charge in [-0.3, -0.25) is 0 Å². The molecule has 6 heteroatoms. The summed E-state index contributed by atoms with van der Waals surface area (Å²) in [4.78, 5) is -0.439. The largest absolute Gasteiger partial charge is 0.241 e. The molecule has 0 bridgehead atoms. The molecule has 0 saturated heterocycles. The van der Waals surface area contributed by atoms with Crippen LogP contribution in [0.4, 0.5) is 8.78 Å². The first-order valence-corrected chi connectivity index (χ1v) is 5.90. The third-order valence-electron chi connectivity index (χ3n) is 1.71. The molecule has 0 aromatic heterocycles. The van der Waals surface area contributed by atoms with Crippen LogP contribution < -0.4 is 4.72 Å². The molecule has 16 heavy (non-hydrogen) atoms. The topological polar surface area (TPSA) is 46.2 Å². The van der Waals surface area contributed by atoms with Gasteiger partial charge in [-0.2, -0.15) is 0 Å². The summed E-state index contributed by atoms with van der Waals surface area (Å²) in [5, 5.41) is 0. The van der Waals surface area contributed by atoms with Gasteiger partial charge in [0.2, 0.25) is 10.0 Å². The van der Waals surface area contributed by atoms with Gasteiger partial charge in [0.1, 0.15) is 11.6 Å². The van der Waals surface area contributed by atoms with Gasteiger partial charge in [-0.1, -0.05) is 12.2 Å². The van der Waals surface area contributed by atoms with Crippen LogP contribution in [0.2, 0.25) is 0 Å². The van der Waals surface area contributed by atoms with Gasteiger partial charge in [0.25, 0.3) is 0 Å². The van der Waals surface area contributed by atoms with Crippen molar-refractivity contribution in [1.29, 1.82) is 0 Å². The second-order valence-electron chi connectivity index (χ2n) is 3.39. The Kier molecular flexibility index (Phi) is 3.77. The maximum atomic E-state index is 12.8. The molecule has 0 radical (unpaired) electrons. The smallest absolute Gasteiger partial charge is 0.207 e. The predicted molar refractivity (Wildman–Crippen MR) is 56.4 cm³/mol. The molecule has 0 aliphatic carbocycles. The Bertz CT molecular complexity index is 491. The highest BCUT2D eigenvalue weighted by atomic mass is 32.2. The van der Waals surface area contributed by atoms with Crippen molar-refractivity contribution in [3.8, 4) is 0 Å². The Morgan fingerprint density at radius 2 is 1.81 bits per heavy atom. The number of benzene rings is 1. The fraction of sp³-hybridized carbons (Fsp3) is 0.200. The van der Waals surface area contributed by atoms with Gasteiger partial charge in [0.15, 0.2) is 0 Å². The van der Waals surface area contributed by atoms with E-state index >= 15 is 0 Å². The van der Waals surface area contributed by atoms with E-state index in [0.29, 0.717) is 11.6 Å². The van der Waals surface area contributed by atoms with E-state index < -0.39 is 26.6 Å². The zero-order chi connectivity index (χ0) is 12.3. The van der Waals surface area contributed by atoms with E-state index in [9.17, 15) is 17.2 Å². The van der Waals surface area contributed by atoms with Gasteiger partial charge in [-0.15, -0.1) is 0 Å². The van der Waals surface area contributed by atoms with E-state index in [1.54, 1.807) is 6.92 Å². The summed E-state index contributed by atoms with van der Waals surface area (Å²) in [6, 6.07) is 2.12. The zero-order valence-corrected chi connectivity index (χ0v) is 9.44. The predicted octanol–water partition coefficient (Wildman–Crippen LogP) is 1.82. The van der Waals surface area contributed by atoms with E-state index in [1.807, 2.05) is 0 Å². The van der Waals surface area contributed by atoms with Crippen LogP contribution in [0.25, 0.3) is 0 Å². The van der Waals surface area contributed by atoms with Crippen LogP contribution >= 0.6 is 0 Å². The van der Waals surface area contributed by atoms with Crippen LogP contribution in [0.1, 0.15) is 6.92 Å². The van der Waals surface area contributed by atoms with Crippen LogP contribution in [0.15, 0.2) is 35.2 Å². The number of rotatable bonds is 4. The number of sulfonamides is 1. The Hall–Kier alpha value is -1.27. The van der Waals surface area contributed by atoms with Gasteiger partial charge >= 0.3 is 0 Å². The van der Waals surface area contributed by atoms with E-state index in [0.717, 1.165) is 12.1 Å². The minimum Gasteiger partial charge on any atom is -0.207 e. The van der Waals surface area contributed by atoms with Gasteiger partial charge in [0.05, 0.1) is 4.90 Å². The highest BCUT2D eigenvalue weighted by Gasteiger charge is 2.15. The number of hydrogen-bond donors (Lipinski definition) is 1. The molecule has 0 aliphatic heterocycles. The Balaban J connectivity index is 3.02. The monoisotopic (exact) mass is 247 g/mol. The lowest BCUT2D eigenvalue weighted by Gasteiger charge is -2.06. The maximum Gasteiger partial charge on any atom is 0.241 e.